The standard InChI is InChI=1S/C18H13NO/c19-18(20)16-10-11-5-1-3-7-13(11)15-9-12-6-2-4-8-14(12)17(15)16/h1-8,10H,9H2,(H2,19,20). The zero-order chi connectivity index (χ0) is 13.7. The summed E-state index contributed by atoms with van der Waals surface area (Å²) in [6.45, 7) is 0. The molecule has 0 atom stereocenters. The number of nitrogens with two attached hydrogens (primary N) is 1. The van der Waals surface area contributed by atoms with Crippen LogP contribution in [0.25, 0.3) is 21.9 Å². The highest BCUT2D eigenvalue weighted by atomic mass is 16.1. The van der Waals surface area contributed by atoms with E-state index in [0.717, 1.165) is 22.9 Å². The van der Waals surface area contributed by atoms with Crippen molar-refractivity contribution in [3.63, 3.8) is 0 Å². The number of benzene rings is 3. The van der Waals surface area contributed by atoms with Gasteiger partial charge in [-0.1, -0.05) is 48.5 Å². The van der Waals surface area contributed by atoms with Crippen molar-refractivity contribution < 1.29 is 4.79 Å². The molecule has 0 aromatic heterocycles. The summed E-state index contributed by atoms with van der Waals surface area (Å²) >= 11 is 0. The van der Waals surface area contributed by atoms with Crippen LogP contribution in [0.1, 0.15) is 21.5 Å². The summed E-state index contributed by atoms with van der Waals surface area (Å²) in [6, 6.07) is 18.3. The van der Waals surface area contributed by atoms with Crippen LogP contribution in [0.15, 0.2) is 54.6 Å². The van der Waals surface area contributed by atoms with Crippen LogP contribution in [0, 0.1) is 0 Å². The van der Waals surface area contributed by atoms with E-state index in [9.17, 15) is 4.79 Å². The second-order valence-electron chi connectivity index (χ2n) is 5.20. The molecule has 0 bridgehead atoms. The Morgan fingerprint density at radius 2 is 1.75 bits per heavy atom. The summed E-state index contributed by atoms with van der Waals surface area (Å²) in [5.41, 5.74) is 10.9. The lowest BCUT2D eigenvalue weighted by molar-refractivity contribution is 0.100. The van der Waals surface area contributed by atoms with Crippen molar-refractivity contribution in [3.8, 4) is 11.1 Å². The van der Waals surface area contributed by atoms with Gasteiger partial charge in [-0.2, -0.15) is 0 Å². The smallest absolute Gasteiger partial charge is 0.249 e. The van der Waals surface area contributed by atoms with E-state index in [1.54, 1.807) is 0 Å². The third-order valence-electron chi connectivity index (χ3n) is 4.08. The maximum Gasteiger partial charge on any atom is 0.249 e. The monoisotopic (exact) mass is 259 g/mol. The van der Waals surface area contributed by atoms with Crippen LogP contribution >= 0.6 is 0 Å². The maximum atomic E-state index is 11.8. The van der Waals surface area contributed by atoms with E-state index in [0.29, 0.717) is 5.56 Å². The number of hydrogen-bond acceptors (Lipinski definition) is 1. The van der Waals surface area contributed by atoms with E-state index in [4.69, 9.17) is 5.73 Å². The first-order chi connectivity index (χ1) is 9.75. The molecular formula is C18H13NO. The normalized spacial score (nSPS) is 12.2. The number of carbonyl (C=O) groups is 1. The van der Waals surface area contributed by atoms with E-state index in [2.05, 4.69) is 18.2 Å². The predicted octanol–water partition coefficient (Wildman–Crippen LogP) is 3.51. The number of hydrogen-bond donors (Lipinski definition) is 1. The molecule has 3 aromatic carbocycles. The summed E-state index contributed by atoms with van der Waals surface area (Å²) < 4.78 is 0. The lowest BCUT2D eigenvalue weighted by Gasteiger charge is -2.10. The zero-order valence-corrected chi connectivity index (χ0v) is 10.9. The molecule has 1 aliphatic carbocycles. The molecule has 0 heterocycles. The van der Waals surface area contributed by atoms with Crippen molar-refractivity contribution in [2.45, 2.75) is 6.42 Å². The molecule has 2 heteroatoms. The fraction of sp³-hybridized carbons (Fsp3) is 0.0556. The Bertz CT molecular complexity index is 864. The minimum Gasteiger partial charge on any atom is -0.366 e. The SMILES string of the molecule is NC(=O)c1cc2ccccc2c2c1-c1ccccc1C2. The first-order valence-corrected chi connectivity index (χ1v) is 6.68. The molecule has 0 radical (unpaired) electrons. The molecule has 0 fully saturated rings. The van der Waals surface area contributed by atoms with E-state index in [-0.39, 0.29) is 5.91 Å². The van der Waals surface area contributed by atoms with Crippen molar-refractivity contribution in [1.82, 2.24) is 0 Å². The Hall–Kier alpha value is -2.61. The van der Waals surface area contributed by atoms with Gasteiger partial charge in [-0.05, 0) is 45.5 Å². The summed E-state index contributed by atoms with van der Waals surface area (Å²) in [7, 11) is 0. The first kappa shape index (κ1) is 11.2. The highest BCUT2D eigenvalue weighted by molar-refractivity contribution is 6.08. The van der Waals surface area contributed by atoms with Gasteiger partial charge in [0.25, 0.3) is 0 Å². The molecular weight excluding hydrogens is 246 g/mol. The van der Waals surface area contributed by atoms with Gasteiger partial charge in [0.05, 0.1) is 0 Å². The Kier molecular flexibility index (Phi) is 2.21. The highest BCUT2D eigenvalue weighted by Gasteiger charge is 2.25. The minimum atomic E-state index is -0.358. The highest BCUT2D eigenvalue weighted by Crippen LogP contribution is 2.42. The fourth-order valence-corrected chi connectivity index (χ4v) is 3.22. The molecule has 2 N–H and O–H groups in total. The van der Waals surface area contributed by atoms with Crippen LogP contribution in [-0.4, -0.2) is 5.91 Å². The lowest BCUT2D eigenvalue weighted by atomic mass is 9.93. The third-order valence-corrected chi connectivity index (χ3v) is 4.08. The van der Waals surface area contributed by atoms with Gasteiger partial charge in [-0.25, -0.2) is 0 Å². The Morgan fingerprint density at radius 3 is 2.60 bits per heavy atom. The van der Waals surface area contributed by atoms with E-state index in [1.165, 1.54) is 16.5 Å². The predicted molar refractivity (Wildman–Crippen MR) is 80.7 cm³/mol. The molecule has 0 spiro atoms. The average molecular weight is 259 g/mol. The van der Waals surface area contributed by atoms with Gasteiger partial charge >= 0.3 is 0 Å². The number of fused-ring (bicyclic) bond motifs is 5. The van der Waals surface area contributed by atoms with Crippen LogP contribution < -0.4 is 5.73 Å². The number of rotatable bonds is 1. The first-order valence-electron chi connectivity index (χ1n) is 6.68. The molecule has 20 heavy (non-hydrogen) atoms. The Balaban J connectivity index is 2.17. The molecule has 1 amide bonds. The topological polar surface area (TPSA) is 43.1 Å². The second-order valence-corrected chi connectivity index (χ2v) is 5.20. The van der Waals surface area contributed by atoms with Crippen molar-refractivity contribution in [1.29, 1.82) is 0 Å². The summed E-state index contributed by atoms with van der Waals surface area (Å²) in [4.78, 5) is 11.8. The molecule has 96 valence electrons. The van der Waals surface area contributed by atoms with Crippen molar-refractivity contribution in [2.75, 3.05) is 0 Å². The molecule has 0 saturated carbocycles. The van der Waals surface area contributed by atoms with E-state index in [1.807, 2.05) is 36.4 Å². The summed E-state index contributed by atoms with van der Waals surface area (Å²) in [6.07, 6.45) is 0.868. The maximum absolute atomic E-state index is 11.8. The van der Waals surface area contributed by atoms with Gasteiger partial charge in [-0.3, -0.25) is 4.79 Å². The number of carbonyl (C=O) groups excluding carboxylic acids is 1. The van der Waals surface area contributed by atoms with Gasteiger partial charge in [0.1, 0.15) is 0 Å². The Morgan fingerprint density at radius 1 is 1.00 bits per heavy atom. The second kappa shape index (κ2) is 3.94. The van der Waals surface area contributed by atoms with Crippen molar-refractivity contribution in [2.24, 2.45) is 5.73 Å². The van der Waals surface area contributed by atoms with Crippen LogP contribution in [0.2, 0.25) is 0 Å². The quantitative estimate of drug-likeness (QED) is 0.558. The van der Waals surface area contributed by atoms with Gasteiger partial charge in [0.15, 0.2) is 0 Å². The molecule has 0 aliphatic heterocycles. The lowest BCUT2D eigenvalue weighted by Crippen LogP contribution is -2.12. The Labute approximate surface area is 116 Å². The fourth-order valence-electron chi connectivity index (χ4n) is 3.22. The molecule has 1 aliphatic rings. The van der Waals surface area contributed by atoms with Gasteiger partial charge in [0, 0.05) is 5.56 Å². The summed E-state index contributed by atoms with van der Waals surface area (Å²) in [5.74, 6) is -0.358. The molecule has 3 aromatic rings. The van der Waals surface area contributed by atoms with Crippen LogP contribution in [-0.2, 0) is 6.42 Å². The molecule has 4 rings (SSSR count). The van der Waals surface area contributed by atoms with Crippen molar-refractivity contribution >= 4 is 16.7 Å². The van der Waals surface area contributed by atoms with E-state index >= 15 is 0 Å². The number of primary amides is 1. The van der Waals surface area contributed by atoms with Gasteiger partial charge in [-0.15, -0.1) is 0 Å². The van der Waals surface area contributed by atoms with Crippen LogP contribution in [0.3, 0.4) is 0 Å². The third kappa shape index (κ3) is 1.42. The summed E-state index contributed by atoms with van der Waals surface area (Å²) in [5, 5.41) is 2.29. The largest absolute Gasteiger partial charge is 0.366 e. The molecule has 0 saturated heterocycles. The van der Waals surface area contributed by atoms with Gasteiger partial charge in [0.2, 0.25) is 5.91 Å². The van der Waals surface area contributed by atoms with Crippen molar-refractivity contribution in [3.05, 3.63) is 71.3 Å². The van der Waals surface area contributed by atoms with Gasteiger partial charge < -0.3 is 5.73 Å². The van der Waals surface area contributed by atoms with E-state index < -0.39 is 0 Å². The average Bonchev–Trinajstić information content (AvgIpc) is 2.86. The minimum absolute atomic E-state index is 0.358. The van der Waals surface area contributed by atoms with Crippen LogP contribution in [0.5, 0.6) is 0 Å². The molecule has 0 unspecified atom stereocenters. The number of amides is 1. The van der Waals surface area contributed by atoms with Crippen LogP contribution in [0.4, 0.5) is 0 Å². The molecule has 2 nitrogen and oxygen atoms in total. The zero-order valence-electron chi connectivity index (χ0n) is 10.9.